The number of carbonyl (C=O) groups excluding carboxylic acids is 1. The minimum atomic E-state index is -5.08. The molecule has 1 aliphatic heterocycles. The molecule has 0 aromatic heterocycles. The van der Waals surface area contributed by atoms with Gasteiger partial charge in [-0.3, -0.25) is 0 Å². The average molecular weight is 562 g/mol. The van der Waals surface area contributed by atoms with Gasteiger partial charge in [-0.05, 0) is 61.7 Å². The van der Waals surface area contributed by atoms with Gasteiger partial charge in [0, 0.05) is 23.2 Å². The van der Waals surface area contributed by atoms with E-state index in [1.165, 1.54) is 6.07 Å². The Morgan fingerprint density at radius 2 is 1.76 bits per heavy atom. The number of nitrogens with zero attached hydrogens (tertiary/aromatic N) is 1. The minimum absolute atomic E-state index is 0.0585. The van der Waals surface area contributed by atoms with Gasteiger partial charge in [-0.1, -0.05) is 43.6 Å². The molecule has 0 radical (unpaired) electrons. The number of benzene rings is 2. The van der Waals surface area contributed by atoms with E-state index in [0.29, 0.717) is 29.7 Å². The lowest BCUT2D eigenvalue weighted by atomic mass is 10.0. The molecule has 2 amide bonds. The summed E-state index contributed by atoms with van der Waals surface area (Å²) in [6.07, 6.45) is -3.41. The molecule has 38 heavy (non-hydrogen) atoms. The second-order valence-corrected chi connectivity index (χ2v) is 9.59. The molecule has 0 spiro atoms. The number of aliphatic carboxylic acids is 1. The van der Waals surface area contributed by atoms with Gasteiger partial charge in [0.15, 0.2) is 0 Å². The maximum absolute atomic E-state index is 14.4. The van der Waals surface area contributed by atoms with Crippen LogP contribution in [0.15, 0.2) is 42.5 Å². The molecular weight excluding hydrogens is 530 g/mol. The lowest BCUT2D eigenvalue weighted by Gasteiger charge is -2.35. The van der Waals surface area contributed by atoms with Crippen LogP contribution in [-0.2, 0) is 17.9 Å². The van der Waals surface area contributed by atoms with Gasteiger partial charge in [0.1, 0.15) is 11.6 Å². The maximum atomic E-state index is 14.4. The van der Waals surface area contributed by atoms with E-state index in [-0.39, 0.29) is 18.6 Å². The van der Waals surface area contributed by atoms with E-state index in [1.807, 2.05) is 24.3 Å². The third-order valence-electron chi connectivity index (χ3n) is 5.56. The number of piperidine rings is 1. The van der Waals surface area contributed by atoms with E-state index < -0.39 is 18.0 Å². The molecule has 3 rings (SSSR count). The number of amides is 2. The number of halogens is 5. The highest BCUT2D eigenvalue weighted by atomic mass is 35.5. The zero-order chi connectivity index (χ0) is 28.3. The van der Waals surface area contributed by atoms with Crippen LogP contribution in [0, 0.1) is 11.7 Å². The van der Waals surface area contributed by atoms with Gasteiger partial charge in [-0.2, -0.15) is 13.2 Å². The fraction of sp³-hybridized carbons (Fsp3) is 0.462. The topological polar surface area (TPSA) is 90.9 Å². The third-order valence-corrected chi connectivity index (χ3v) is 5.79. The Kier molecular flexibility index (Phi) is 12.1. The molecule has 210 valence electrons. The molecule has 2 aromatic carbocycles. The van der Waals surface area contributed by atoms with Crippen LogP contribution >= 0.6 is 11.6 Å². The van der Waals surface area contributed by atoms with Gasteiger partial charge in [0.05, 0.1) is 13.2 Å². The van der Waals surface area contributed by atoms with E-state index >= 15 is 0 Å². The van der Waals surface area contributed by atoms with Crippen molar-refractivity contribution in [2.45, 2.75) is 52.0 Å². The van der Waals surface area contributed by atoms with Gasteiger partial charge in [0.25, 0.3) is 0 Å². The summed E-state index contributed by atoms with van der Waals surface area (Å²) < 4.78 is 51.8. The molecule has 0 bridgehead atoms. The van der Waals surface area contributed by atoms with Crippen LogP contribution in [0.4, 0.5) is 22.4 Å². The van der Waals surface area contributed by atoms with Gasteiger partial charge >= 0.3 is 18.2 Å². The highest BCUT2D eigenvalue weighted by Crippen LogP contribution is 2.21. The Hall–Kier alpha value is -3.05. The lowest BCUT2D eigenvalue weighted by molar-refractivity contribution is -0.192. The van der Waals surface area contributed by atoms with Crippen molar-refractivity contribution < 1.29 is 37.0 Å². The largest absolute Gasteiger partial charge is 0.493 e. The summed E-state index contributed by atoms with van der Waals surface area (Å²) in [6, 6.07) is 12.2. The molecule has 1 aliphatic rings. The standard InChI is InChI=1S/C24H31ClFN3O2.C2HF3O2/c1-17(2)16-31-22-7-3-18(4-8-22)14-28-24(30)29(21-9-11-27-12-10-21)15-19-5-6-20(25)13-23(19)26;3-2(4,5)1(6)7/h3-8,13,17,21,27H,9-12,14-16H2,1-2H3,(H,28,30);(H,6,7). The number of ether oxygens (including phenoxy) is 1. The molecule has 0 saturated carbocycles. The van der Waals surface area contributed by atoms with Crippen LogP contribution in [0.1, 0.15) is 37.8 Å². The second kappa shape index (κ2) is 14.8. The summed E-state index contributed by atoms with van der Waals surface area (Å²) in [5, 5.41) is 13.8. The van der Waals surface area contributed by atoms with Crippen LogP contribution in [0.5, 0.6) is 5.75 Å². The van der Waals surface area contributed by atoms with Crippen LogP contribution in [-0.4, -0.2) is 53.9 Å². The smallest absolute Gasteiger partial charge is 0.490 e. The summed E-state index contributed by atoms with van der Waals surface area (Å²) in [6.45, 7) is 7.17. The Morgan fingerprint density at radius 1 is 1.16 bits per heavy atom. The number of carboxylic acids is 1. The Bertz CT molecular complexity index is 1050. The number of carbonyl (C=O) groups is 2. The number of hydrogen-bond donors (Lipinski definition) is 3. The normalized spacial score (nSPS) is 13.9. The SMILES string of the molecule is CC(C)COc1ccc(CNC(=O)N(Cc2ccc(Cl)cc2F)C2CCNCC2)cc1.O=C(O)C(F)(F)F. The number of carboxylic acid groups (broad SMARTS) is 1. The van der Waals surface area contributed by atoms with Crippen molar-refractivity contribution in [3.8, 4) is 5.75 Å². The first-order chi connectivity index (χ1) is 17.9. The highest BCUT2D eigenvalue weighted by Gasteiger charge is 2.38. The number of rotatable bonds is 8. The molecule has 3 N–H and O–H groups in total. The fourth-order valence-corrected chi connectivity index (χ4v) is 3.72. The van der Waals surface area contributed by atoms with E-state index in [2.05, 4.69) is 24.5 Å². The zero-order valence-corrected chi connectivity index (χ0v) is 21.9. The predicted octanol–water partition coefficient (Wildman–Crippen LogP) is 5.61. The highest BCUT2D eigenvalue weighted by molar-refractivity contribution is 6.30. The quantitative estimate of drug-likeness (QED) is 0.364. The summed E-state index contributed by atoms with van der Waals surface area (Å²) in [5.41, 5.74) is 1.44. The molecular formula is C26H32ClF4N3O4. The van der Waals surface area contributed by atoms with Crippen LogP contribution in [0.25, 0.3) is 0 Å². The zero-order valence-electron chi connectivity index (χ0n) is 21.2. The molecule has 7 nitrogen and oxygen atoms in total. The first-order valence-electron chi connectivity index (χ1n) is 12.1. The first-order valence-corrected chi connectivity index (χ1v) is 12.5. The van der Waals surface area contributed by atoms with Crippen molar-refractivity contribution in [2.24, 2.45) is 5.92 Å². The van der Waals surface area contributed by atoms with Gasteiger partial charge in [0.2, 0.25) is 0 Å². The van der Waals surface area contributed by atoms with Crippen LogP contribution in [0.2, 0.25) is 5.02 Å². The predicted molar refractivity (Wildman–Crippen MR) is 136 cm³/mol. The average Bonchev–Trinajstić information content (AvgIpc) is 2.86. The number of nitrogens with one attached hydrogen (secondary N) is 2. The van der Waals surface area contributed by atoms with Crippen molar-refractivity contribution in [3.63, 3.8) is 0 Å². The minimum Gasteiger partial charge on any atom is -0.493 e. The first kappa shape index (κ1) is 31.2. The molecule has 0 unspecified atom stereocenters. The van der Waals surface area contributed by atoms with E-state index in [9.17, 15) is 22.4 Å². The summed E-state index contributed by atoms with van der Waals surface area (Å²) >= 11 is 5.88. The van der Waals surface area contributed by atoms with Crippen LogP contribution in [0.3, 0.4) is 0 Å². The number of hydrogen-bond acceptors (Lipinski definition) is 4. The third kappa shape index (κ3) is 10.7. The molecule has 2 aromatic rings. The van der Waals surface area contributed by atoms with Gasteiger partial charge < -0.3 is 25.4 Å². The van der Waals surface area contributed by atoms with Crippen molar-refractivity contribution >= 4 is 23.6 Å². The van der Waals surface area contributed by atoms with Gasteiger partial charge in [-0.25, -0.2) is 14.0 Å². The maximum Gasteiger partial charge on any atom is 0.490 e. The van der Waals surface area contributed by atoms with Crippen molar-refractivity contribution in [1.29, 1.82) is 0 Å². The Balaban J connectivity index is 0.000000638. The van der Waals surface area contributed by atoms with E-state index in [4.69, 9.17) is 26.2 Å². The molecule has 1 heterocycles. The monoisotopic (exact) mass is 561 g/mol. The molecule has 0 atom stereocenters. The Labute approximate surface area is 224 Å². The summed E-state index contributed by atoms with van der Waals surface area (Å²) in [5.74, 6) is -1.87. The molecule has 12 heteroatoms. The van der Waals surface area contributed by atoms with Gasteiger partial charge in [-0.15, -0.1) is 0 Å². The van der Waals surface area contributed by atoms with E-state index in [1.54, 1.807) is 17.0 Å². The molecule has 1 saturated heterocycles. The van der Waals surface area contributed by atoms with Crippen molar-refractivity contribution in [2.75, 3.05) is 19.7 Å². The summed E-state index contributed by atoms with van der Waals surface area (Å²) in [4.78, 5) is 23.7. The van der Waals surface area contributed by atoms with E-state index in [0.717, 1.165) is 37.2 Å². The van der Waals surface area contributed by atoms with Crippen molar-refractivity contribution in [3.05, 3.63) is 64.4 Å². The second-order valence-electron chi connectivity index (χ2n) is 9.16. The number of urea groups is 1. The summed E-state index contributed by atoms with van der Waals surface area (Å²) in [7, 11) is 0. The fourth-order valence-electron chi connectivity index (χ4n) is 3.56. The molecule has 0 aliphatic carbocycles. The molecule has 1 fully saturated rings. The Morgan fingerprint density at radius 3 is 2.29 bits per heavy atom. The lowest BCUT2D eigenvalue weighted by Crippen LogP contribution is -2.49. The number of alkyl halides is 3. The van der Waals surface area contributed by atoms with Crippen LogP contribution < -0.4 is 15.4 Å². The van der Waals surface area contributed by atoms with Crippen molar-refractivity contribution in [1.82, 2.24) is 15.5 Å².